The average molecular weight is 346 g/mol. The second-order valence-corrected chi connectivity index (χ2v) is 6.28. The molecule has 0 bridgehead atoms. The van der Waals surface area contributed by atoms with Gasteiger partial charge in [-0.1, -0.05) is 42.5 Å². The van der Waals surface area contributed by atoms with Gasteiger partial charge in [0.1, 0.15) is 23.9 Å². The molecule has 0 fully saturated rings. The maximum atomic E-state index is 12.5. The number of hydrogen-bond donors (Lipinski definition) is 1. The van der Waals surface area contributed by atoms with Gasteiger partial charge in [-0.2, -0.15) is 0 Å². The number of phenols is 1. The summed E-state index contributed by atoms with van der Waals surface area (Å²) in [4.78, 5) is 12.5. The van der Waals surface area contributed by atoms with Gasteiger partial charge in [-0.15, -0.1) is 0 Å². The van der Waals surface area contributed by atoms with Crippen LogP contribution < -0.4 is 9.47 Å². The average Bonchev–Trinajstić information content (AvgIpc) is 2.67. The summed E-state index contributed by atoms with van der Waals surface area (Å²) in [6.07, 6.45) is -0.420. The number of carbonyl (C=O) groups is 1. The van der Waals surface area contributed by atoms with E-state index >= 15 is 0 Å². The molecule has 4 nitrogen and oxygen atoms in total. The lowest BCUT2D eigenvalue weighted by Gasteiger charge is -2.25. The van der Waals surface area contributed by atoms with Crippen molar-refractivity contribution in [2.45, 2.75) is 19.1 Å². The Balaban J connectivity index is 1.53. The molecule has 0 amide bonds. The molecule has 0 saturated heterocycles. The number of ether oxygens (including phenoxy) is 2. The molecule has 1 unspecified atom stereocenters. The molecule has 1 aliphatic heterocycles. The van der Waals surface area contributed by atoms with E-state index in [-0.39, 0.29) is 18.0 Å². The predicted molar refractivity (Wildman–Crippen MR) is 97.4 cm³/mol. The van der Waals surface area contributed by atoms with Crippen LogP contribution in [0, 0.1) is 0 Å². The van der Waals surface area contributed by atoms with Gasteiger partial charge in [-0.3, -0.25) is 4.79 Å². The lowest BCUT2D eigenvalue weighted by atomic mass is 9.96. The molecular weight excluding hydrogens is 328 g/mol. The van der Waals surface area contributed by atoms with Gasteiger partial charge in [-0.05, 0) is 35.9 Å². The van der Waals surface area contributed by atoms with Crippen molar-refractivity contribution in [3.63, 3.8) is 0 Å². The summed E-state index contributed by atoms with van der Waals surface area (Å²) < 4.78 is 11.7. The quantitative estimate of drug-likeness (QED) is 0.769. The molecule has 26 heavy (non-hydrogen) atoms. The maximum absolute atomic E-state index is 12.5. The highest BCUT2D eigenvalue weighted by Gasteiger charge is 2.29. The minimum Gasteiger partial charge on any atom is -0.508 e. The van der Waals surface area contributed by atoms with Crippen LogP contribution in [0.5, 0.6) is 17.2 Å². The monoisotopic (exact) mass is 346 g/mol. The lowest BCUT2D eigenvalue weighted by molar-refractivity contribution is -0.126. The summed E-state index contributed by atoms with van der Waals surface area (Å²) in [5, 5.41) is 9.56. The highest BCUT2D eigenvalue weighted by atomic mass is 16.5. The smallest absolute Gasteiger partial charge is 0.182 e. The second kappa shape index (κ2) is 6.92. The number of carbonyl (C=O) groups excluding carboxylic acids is 1. The molecule has 0 radical (unpaired) electrons. The Hall–Kier alpha value is -3.27. The largest absolute Gasteiger partial charge is 0.508 e. The van der Waals surface area contributed by atoms with E-state index in [0.717, 1.165) is 11.1 Å². The Morgan fingerprint density at radius 2 is 1.85 bits per heavy atom. The SMILES string of the molecule is O=C1Cc2cc(O)ccc2OC1c1cccc(OCc2ccccc2)c1. The summed E-state index contributed by atoms with van der Waals surface area (Å²) >= 11 is 0. The minimum atomic E-state index is -0.660. The van der Waals surface area contributed by atoms with Crippen LogP contribution in [0.4, 0.5) is 0 Å². The van der Waals surface area contributed by atoms with Gasteiger partial charge in [0, 0.05) is 17.5 Å². The highest BCUT2D eigenvalue weighted by Crippen LogP contribution is 2.35. The van der Waals surface area contributed by atoms with E-state index in [1.54, 1.807) is 18.2 Å². The summed E-state index contributed by atoms with van der Waals surface area (Å²) in [5.74, 6) is 1.42. The van der Waals surface area contributed by atoms with Crippen molar-refractivity contribution in [1.29, 1.82) is 0 Å². The third kappa shape index (κ3) is 3.40. The summed E-state index contributed by atoms with van der Waals surface area (Å²) in [6, 6.07) is 22.2. The standard InChI is InChI=1S/C22H18O4/c23-18-9-10-21-17(11-18)13-20(24)22(26-21)16-7-4-8-19(12-16)25-14-15-5-2-1-3-6-15/h1-12,22-23H,13-14H2. The number of phenolic OH excluding ortho intramolecular Hbond substituents is 1. The molecule has 0 aromatic heterocycles. The molecule has 4 heteroatoms. The van der Waals surface area contributed by atoms with Crippen molar-refractivity contribution in [3.8, 4) is 17.2 Å². The van der Waals surface area contributed by atoms with Crippen LogP contribution in [0.3, 0.4) is 0 Å². The molecule has 1 N–H and O–H groups in total. The Kier molecular flexibility index (Phi) is 4.32. The zero-order valence-corrected chi connectivity index (χ0v) is 14.1. The van der Waals surface area contributed by atoms with Crippen LogP contribution in [0.15, 0.2) is 72.8 Å². The van der Waals surface area contributed by atoms with Crippen molar-refractivity contribution in [1.82, 2.24) is 0 Å². The number of ketones is 1. The van der Waals surface area contributed by atoms with Crippen LogP contribution in [0.1, 0.15) is 22.8 Å². The van der Waals surface area contributed by atoms with Gasteiger partial charge in [0.25, 0.3) is 0 Å². The zero-order chi connectivity index (χ0) is 17.9. The predicted octanol–water partition coefficient (Wildman–Crippen LogP) is 4.22. The van der Waals surface area contributed by atoms with Crippen LogP contribution in [0.2, 0.25) is 0 Å². The number of hydrogen-bond acceptors (Lipinski definition) is 4. The Labute approximate surface area is 151 Å². The fourth-order valence-corrected chi connectivity index (χ4v) is 3.05. The highest BCUT2D eigenvalue weighted by molar-refractivity contribution is 5.89. The summed E-state index contributed by atoms with van der Waals surface area (Å²) in [6.45, 7) is 0.464. The van der Waals surface area contributed by atoms with Crippen LogP contribution in [0.25, 0.3) is 0 Å². The summed E-state index contributed by atoms with van der Waals surface area (Å²) in [7, 11) is 0. The van der Waals surface area contributed by atoms with Crippen molar-refractivity contribution in [2.24, 2.45) is 0 Å². The number of rotatable bonds is 4. The molecule has 0 saturated carbocycles. The molecule has 1 atom stereocenters. The first-order chi connectivity index (χ1) is 12.7. The van der Waals surface area contributed by atoms with E-state index in [9.17, 15) is 9.90 Å². The normalized spacial score (nSPS) is 15.8. The molecular formula is C22H18O4. The second-order valence-electron chi connectivity index (χ2n) is 6.28. The number of aromatic hydroxyl groups is 1. The minimum absolute atomic E-state index is 0.0386. The van der Waals surface area contributed by atoms with Crippen molar-refractivity contribution in [3.05, 3.63) is 89.5 Å². The topological polar surface area (TPSA) is 55.8 Å². The molecule has 1 aliphatic rings. The molecule has 1 heterocycles. The number of fused-ring (bicyclic) bond motifs is 1. The molecule has 4 rings (SSSR count). The van der Waals surface area contributed by atoms with Crippen LogP contribution in [-0.4, -0.2) is 10.9 Å². The van der Waals surface area contributed by atoms with E-state index in [1.807, 2.05) is 54.6 Å². The van der Waals surface area contributed by atoms with E-state index < -0.39 is 6.10 Å². The van der Waals surface area contributed by atoms with Gasteiger partial charge in [0.15, 0.2) is 11.9 Å². The first-order valence-electron chi connectivity index (χ1n) is 8.47. The summed E-state index contributed by atoms with van der Waals surface area (Å²) in [5.41, 5.74) is 2.55. The van der Waals surface area contributed by atoms with Crippen molar-refractivity contribution < 1.29 is 19.4 Å². The first-order valence-corrected chi connectivity index (χ1v) is 8.47. The number of benzene rings is 3. The fourth-order valence-electron chi connectivity index (χ4n) is 3.05. The van der Waals surface area contributed by atoms with Crippen molar-refractivity contribution >= 4 is 5.78 Å². The lowest BCUT2D eigenvalue weighted by Crippen LogP contribution is -2.25. The first kappa shape index (κ1) is 16.2. The molecule has 3 aromatic rings. The third-order valence-electron chi connectivity index (χ3n) is 4.36. The zero-order valence-electron chi connectivity index (χ0n) is 14.1. The Morgan fingerprint density at radius 3 is 2.69 bits per heavy atom. The molecule has 0 aliphatic carbocycles. The van der Waals surface area contributed by atoms with Gasteiger partial charge in [0.05, 0.1) is 0 Å². The van der Waals surface area contributed by atoms with Gasteiger partial charge in [-0.25, -0.2) is 0 Å². The van der Waals surface area contributed by atoms with Gasteiger partial charge in [0.2, 0.25) is 0 Å². The third-order valence-corrected chi connectivity index (χ3v) is 4.36. The van der Waals surface area contributed by atoms with Gasteiger partial charge < -0.3 is 14.6 Å². The Bertz CT molecular complexity index is 934. The van der Waals surface area contributed by atoms with Crippen molar-refractivity contribution in [2.75, 3.05) is 0 Å². The fraction of sp³-hybridized carbons (Fsp3) is 0.136. The van der Waals surface area contributed by atoms with E-state index in [2.05, 4.69) is 0 Å². The molecule has 3 aromatic carbocycles. The van der Waals surface area contributed by atoms with E-state index in [4.69, 9.17) is 9.47 Å². The van der Waals surface area contributed by atoms with Crippen LogP contribution in [-0.2, 0) is 17.8 Å². The Morgan fingerprint density at radius 1 is 1.00 bits per heavy atom. The van der Waals surface area contributed by atoms with E-state index in [1.165, 1.54) is 0 Å². The molecule has 0 spiro atoms. The molecule has 130 valence electrons. The van der Waals surface area contributed by atoms with Gasteiger partial charge >= 0.3 is 0 Å². The van der Waals surface area contributed by atoms with E-state index in [0.29, 0.717) is 23.7 Å². The number of Topliss-reactive ketones (excluding diaryl/α,β-unsaturated/α-hetero) is 1. The van der Waals surface area contributed by atoms with Crippen LogP contribution >= 0.6 is 0 Å². The maximum Gasteiger partial charge on any atom is 0.182 e.